The molecule has 2 amide bonds. The van der Waals surface area contributed by atoms with Crippen molar-refractivity contribution in [1.29, 1.82) is 0 Å². The molecular formula is C32H40N4O5. The number of carbonyl (C=O) groups is 2. The second-order valence-corrected chi connectivity index (χ2v) is 11.3. The molecule has 2 fully saturated rings. The number of aromatic amines is 1. The summed E-state index contributed by atoms with van der Waals surface area (Å²) in [6.45, 7) is 11.9. The van der Waals surface area contributed by atoms with Gasteiger partial charge in [0.15, 0.2) is 17.0 Å². The largest absolute Gasteiger partial charge is 0.490 e. The van der Waals surface area contributed by atoms with Crippen LogP contribution in [0.15, 0.2) is 42.5 Å². The van der Waals surface area contributed by atoms with Gasteiger partial charge in [0.1, 0.15) is 0 Å². The highest BCUT2D eigenvalue weighted by atomic mass is 16.5. The number of H-pyrrole nitrogens is 1. The van der Waals surface area contributed by atoms with Crippen LogP contribution in [0.5, 0.6) is 11.5 Å². The van der Waals surface area contributed by atoms with E-state index in [1.807, 2.05) is 44.2 Å². The zero-order valence-electron chi connectivity index (χ0n) is 24.3. The number of nitrogens with one attached hydrogen (secondary N) is 1. The van der Waals surface area contributed by atoms with E-state index in [4.69, 9.17) is 14.2 Å². The predicted octanol–water partition coefficient (Wildman–Crippen LogP) is 3.72. The molecule has 2 aromatic carbocycles. The predicted molar refractivity (Wildman–Crippen MR) is 156 cm³/mol. The number of carbonyl (C=O) groups excluding carboxylic acids is 2. The van der Waals surface area contributed by atoms with E-state index in [1.165, 1.54) is 0 Å². The molecule has 9 nitrogen and oxygen atoms in total. The smallest absolute Gasteiger partial charge is 0.254 e. The van der Waals surface area contributed by atoms with E-state index >= 15 is 0 Å². The zero-order chi connectivity index (χ0) is 28.6. The lowest BCUT2D eigenvalue weighted by Crippen LogP contribution is -2.68. The molecule has 3 aromatic rings. The Balaban J connectivity index is 1.40. The van der Waals surface area contributed by atoms with E-state index in [9.17, 15) is 9.59 Å². The van der Waals surface area contributed by atoms with Crippen molar-refractivity contribution < 1.29 is 23.8 Å². The van der Waals surface area contributed by atoms with E-state index in [0.717, 1.165) is 59.5 Å². The lowest BCUT2D eigenvalue weighted by Gasteiger charge is -2.51. The Morgan fingerprint density at radius 3 is 2.61 bits per heavy atom. The second kappa shape index (κ2) is 11.4. The minimum absolute atomic E-state index is 0.0312. The fourth-order valence-corrected chi connectivity index (χ4v) is 6.58. The highest BCUT2D eigenvalue weighted by Gasteiger charge is 2.56. The van der Waals surface area contributed by atoms with Crippen LogP contribution in [0, 0.1) is 0 Å². The first kappa shape index (κ1) is 27.6. The van der Waals surface area contributed by atoms with Crippen LogP contribution in [-0.2, 0) is 19.9 Å². The van der Waals surface area contributed by atoms with Crippen LogP contribution >= 0.6 is 0 Å². The van der Waals surface area contributed by atoms with Crippen LogP contribution in [-0.4, -0.2) is 97.2 Å². The molecule has 1 N–H and O–H groups in total. The third-order valence-corrected chi connectivity index (χ3v) is 8.74. The molecule has 0 saturated carbocycles. The molecule has 0 bridgehead atoms. The first-order chi connectivity index (χ1) is 20.0. The molecule has 0 aliphatic carbocycles. The summed E-state index contributed by atoms with van der Waals surface area (Å²) in [5.74, 6) is 1.22. The maximum absolute atomic E-state index is 14.3. The van der Waals surface area contributed by atoms with Gasteiger partial charge in [-0.3, -0.25) is 14.5 Å². The van der Waals surface area contributed by atoms with Gasteiger partial charge in [0.05, 0.1) is 38.7 Å². The van der Waals surface area contributed by atoms with Gasteiger partial charge in [0, 0.05) is 49.5 Å². The van der Waals surface area contributed by atoms with Crippen molar-refractivity contribution in [3.63, 3.8) is 0 Å². The Bertz CT molecular complexity index is 1430. The number of hydrogen-bond acceptors (Lipinski definition) is 6. The molecule has 9 heteroatoms. The van der Waals surface area contributed by atoms with E-state index in [1.54, 1.807) is 9.80 Å². The van der Waals surface area contributed by atoms with Crippen LogP contribution < -0.4 is 9.47 Å². The highest BCUT2D eigenvalue weighted by molar-refractivity contribution is 6.01. The molecule has 2 saturated heterocycles. The topological polar surface area (TPSA) is 87.3 Å². The third-order valence-electron chi connectivity index (χ3n) is 8.74. The van der Waals surface area contributed by atoms with Crippen LogP contribution in [0.3, 0.4) is 0 Å². The molecule has 2 atom stereocenters. The Hall–Kier alpha value is -3.56. The average molecular weight is 561 g/mol. The van der Waals surface area contributed by atoms with Crippen molar-refractivity contribution >= 4 is 22.7 Å². The summed E-state index contributed by atoms with van der Waals surface area (Å²) in [5.41, 5.74) is 2.75. The molecule has 0 radical (unpaired) electrons. The second-order valence-electron chi connectivity index (χ2n) is 11.3. The number of hydrogen-bond donors (Lipinski definition) is 1. The third kappa shape index (κ3) is 4.85. The van der Waals surface area contributed by atoms with Gasteiger partial charge < -0.3 is 29.0 Å². The molecule has 3 aliphatic rings. The van der Waals surface area contributed by atoms with Gasteiger partial charge in [-0.15, -0.1) is 0 Å². The number of benzene rings is 2. The molecule has 218 valence electrons. The lowest BCUT2D eigenvalue weighted by atomic mass is 9.76. The zero-order valence-corrected chi connectivity index (χ0v) is 24.3. The summed E-state index contributed by atoms with van der Waals surface area (Å²) in [7, 11) is 0. The maximum Gasteiger partial charge on any atom is 0.254 e. The average Bonchev–Trinajstić information content (AvgIpc) is 3.39. The Morgan fingerprint density at radius 1 is 1.02 bits per heavy atom. The van der Waals surface area contributed by atoms with Gasteiger partial charge in [-0.25, -0.2) is 0 Å². The summed E-state index contributed by atoms with van der Waals surface area (Å²) in [6, 6.07) is 14.2. The van der Waals surface area contributed by atoms with Crippen molar-refractivity contribution in [2.75, 3.05) is 65.7 Å². The van der Waals surface area contributed by atoms with Gasteiger partial charge >= 0.3 is 0 Å². The number of piperazine rings is 1. The normalized spacial score (nSPS) is 23.0. The molecular weight excluding hydrogens is 520 g/mol. The minimum Gasteiger partial charge on any atom is -0.490 e. The summed E-state index contributed by atoms with van der Waals surface area (Å²) in [4.78, 5) is 37.6. The van der Waals surface area contributed by atoms with Gasteiger partial charge in [-0.1, -0.05) is 31.2 Å². The van der Waals surface area contributed by atoms with E-state index < -0.39 is 5.54 Å². The number of fused-ring (bicyclic) bond motifs is 5. The number of amides is 2. The molecule has 0 spiro atoms. The molecule has 1 unspecified atom stereocenters. The number of morpholine rings is 1. The van der Waals surface area contributed by atoms with E-state index in [2.05, 4.69) is 28.9 Å². The first-order valence-corrected chi connectivity index (χ1v) is 14.9. The number of nitrogens with zero attached hydrogens (tertiary/aromatic N) is 3. The SMILES string of the molecule is CCCOc1ccc(C2CN3C(=O)CN(CCN4CCOCC4)C(=O)[C@]3(C)c3[nH]c4ccccc4c32)cc1OCC. The van der Waals surface area contributed by atoms with Gasteiger partial charge in [-0.2, -0.15) is 0 Å². The number of ether oxygens (including phenoxy) is 3. The van der Waals surface area contributed by atoms with Gasteiger partial charge in [0.2, 0.25) is 5.91 Å². The van der Waals surface area contributed by atoms with Crippen molar-refractivity contribution in [3.05, 3.63) is 59.3 Å². The van der Waals surface area contributed by atoms with Gasteiger partial charge in [-0.05, 0) is 49.6 Å². The van der Waals surface area contributed by atoms with Crippen molar-refractivity contribution in [3.8, 4) is 11.5 Å². The van der Waals surface area contributed by atoms with E-state index in [-0.39, 0.29) is 24.3 Å². The standard InChI is InChI=1S/C32H40N4O5/c1-4-16-41-26-11-10-22(19-27(26)40-5-2)24-20-36-28(37)21-35(13-12-34-14-17-39-18-15-34)31(38)32(36,3)30-29(24)23-8-6-7-9-25(23)33-30/h6-11,19,24,33H,4-5,12-18,20-21H2,1-3H3/t24?,32-/m0/s1. The first-order valence-electron chi connectivity index (χ1n) is 14.9. The molecule has 4 heterocycles. The molecule has 6 rings (SSSR count). The van der Waals surface area contributed by atoms with Crippen LogP contribution in [0.1, 0.15) is 49.9 Å². The monoisotopic (exact) mass is 560 g/mol. The van der Waals surface area contributed by atoms with Crippen molar-refractivity contribution in [2.24, 2.45) is 0 Å². The molecule has 41 heavy (non-hydrogen) atoms. The lowest BCUT2D eigenvalue weighted by molar-refractivity contribution is -0.166. The maximum atomic E-state index is 14.3. The summed E-state index contributed by atoms with van der Waals surface area (Å²) in [5, 5.41) is 1.07. The number of rotatable bonds is 9. The molecule has 1 aromatic heterocycles. The van der Waals surface area contributed by atoms with Crippen LogP contribution in [0.4, 0.5) is 0 Å². The fourth-order valence-electron chi connectivity index (χ4n) is 6.58. The molecule has 3 aliphatic heterocycles. The van der Waals surface area contributed by atoms with Crippen LogP contribution in [0.2, 0.25) is 0 Å². The Morgan fingerprint density at radius 2 is 1.83 bits per heavy atom. The fraction of sp³-hybridized carbons (Fsp3) is 0.500. The van der Waals surface area contributed by atoms with E-state index in [0.29, 0.717) is 45.3 Å². The quantitative estimate of drug-likeness (QED) is 0.429. The van der Waals surface area contributed by atoms with Crippen LogP contribution in [0.25, 0.3) is 10.9 Å². The summed E-state index contributed by atoms with van der Waals surface area (Å²) in [6.07, 6.45) is 0.905. The van der Waals surface area contributed by atoms with Crippen molar-refractivity contribution in [1.82, 2.24) is 19.7 Å². The number of aromatic nitrogens is 1. The number of para-hydroxylation sites is 1. The summed E-state index contributed by atoms with van der Waals surface area (Å²) >= 11 is 0. The van der Waals surface area contributed by atoms with Gasteiger partial charge in [0.25, 0.3) is 5.91 Å². The van der Waals surface area contributed by atoms with Crippen molar-refractivity contribution in [2.45, 2.75) is 38.6 Å². The highest BCUT2D eigenvalue weighted by Crippen LogP contribution is 2.49. The minimum atomic E-state index is -1.11. The summed E-state index contributed by atoms with van der Waals surface area (Å²) < 4.78 is 17.4. The Kier molecular flexibility index (Phi) is 7.66. The Labute approximate surface area is 241 Å².